The minimum absolute atomic E-state index is 1.13. The van der Waals surface area contributed by atoms with Gasteiger partial charge in [0.1, 0.15) is 0 Å². The third kappa shape index (κ3) is 3.91. The van der Waals surface area contributed by atoms with Gasteiger partial charge >= 0.3 is 0 Å². The predicted molar refractivity (Wildman–Crippen MR) is 91.3 cm³/mol. The molecule has 0 radical (unpaired) electrons. The number of nitrogens with zero attached hydrogens (tertiary/aromatic N) is 1. The Hall–Kier alpha value is -1.67. The van der Waals surface area contributed by atoms with Crippen LogP contribution in [0.3, 0.4) is 0 Å². The van der Waals surface area contributed by atoms with Crippen molar-refractivity contribution in [3.8, 4) is 0 Å². The Kier molecular flexibility index (Phi) is 4.24. The lowest BCUT2D eigenvalue weighted by molar-refractivity contribution is 1.43. The van der Waals surface area contributed by atoms with E-state index in [1.165, 1.54) is 22.3 Å². The summed E-state index contributed by atoms with van der Waals surface area (Å²) in [4.78, 5) is 0. The molecule has 2 rings (SSSR count). The summed E-state index contributed by atoms with van der Waals surface area (Å²) in [6.45, 7) is 11.1. The van der Waals surface area contributed by atoms with Gasteiger partial charge in [-0.15, -0.1) is 0 Å². The summed E-state index contributed by atoms with van der Waals surface area (Å²) in [5.74, 6) is 0. The molecule has 0 aliphatic rings. The van der Waals surface area contributed by atoms with Gasteiger partial charge in [0, 0.05) is 0 Å². The van der Waals surface area contributed by atoms with Crippen molar-refractivity contribution in [1.82, 2.24) is 0 Å². The predicted octanol–water partition coefficient (Wildman–Crippen LogP) is 4.98. The van der Waals surface area contributed by atoms with Crippen LogP contribution in [-0.4, -0.2) is 13.9 Å². The summed E-state index contributed by atoms with van der Waals surface area (Å²) in [5, 5.41) is 0. The number of hydrogen-bond acceptors (Lipinski definition) is 1. The maximum atomic E-state index is 5.06. The van der Waals surface area contributed by atoms with E-state index in [1.807, 2.05) is 0 Å². The van der Waals surface area contributed by atoms with Crippen molar-refractivity contribution in [2.45, 2.75) is 33.5 Å². The zero-order valence-corrected chi connectivity index (χ0v) is 14.1. The maximum absolute atomic E-state index is 5.06. The molecule has 0 heterocycles. The highest BCUT2D eigenvalue weighted by atomic mass is 28.3. The van der Waals surface area contributed by atoms with Crippen molar-refractivity contribution >= 4 is 13.9 Å². The van der Waals surface area contributed by atoms with Crippen molar-refractivity contribution < 1.29 is 0 Å². The van der Waals surface area contributed by atoms with Crippen LogP contribution in [0.5, 0.6) is 0 Å². The summed E-state index contributed by atoms with van der Waals surface area (Å²) in [5.41, 5.74) is 6.11. The molecule has 0 spiro atoms. The van der Waals surface area contributed by atoms with Gasteiger partial charge in [-0.3, -0.25) is 0 Å². The Morgan fingerprint density at radius 2 is 1.05 bits per heavy atom. The van der Waals surface area contributed by atoms with Crippen molar-refractivity contribution in [3.05, 3.63) is 70.8 Å². The molecule has 0 aromatic heterocycles. The zero-order valence-electron chi connectivity index (χ0n) is 13.1. The number of benzene rings is 2. The summed E-state index contributed by atoms with van der Waals surface area (Å²) < 4.78 is 5.06. The number of aryl methyl sites for hydroxylation is 2. The first-order valence-electron chi connectivity index (χ1n) is 7.09. The molecule has 0 fully saturated rings. The van der Waals surface area contributed by atoms with Crippen LogP contribution in [0.15, 0.2) is 53.2 Å². The van der Waals surface area contributed by atoms with E-state index in [2.05, 4.69) is 82.0 Å². The van der Waals surface area contributed by atoms with Gasteiger partial charge in [0.15, 0.2) is 8.24 Å². The minimum atomic E-state index is -1.53. The molecule has 0 unspecified atom stereocenters. The molecule has 20 heavy (non-hydrogen) atoms. The van der Waals surface area contributed by atoms with Gasteiger partial charge in [0.2, 0.25) is 0 Å². The van der Waals surface area contributed by atoms with Gasteiger partial charge in [-0.1, -0.05) is 59.7 Å². The molecule has 2 heteroatoms. The molecule has 2 aromatic rings. The van der Waals surface area contributed by atoms with Crippen LogP contribution in [0.25, 0.3) is 0 Å². The Bertz CT molecular complexity index is 554. The van der Waals surface area contributed by atoms with Gasteiger partial charge in [-0.25, -0.2) is 0 Å². The molecule has 0 saturated heterocycles. The first kappa shape index (κ1) is 14.7. The van der Waals surface area contributed by atoms with E-state index in [-0.39, 0.29) is 0 Å². The second kappa shape index (κ2) is 5.76. The highest BCUT2D eigenvalue weighted by molar-refractivity contribution is 6.75. The fraction of sp³-hybridized carbons (Fsp3) is 0.278. The summed E-state index contributed by atoms with van der Waals surface area (Å²) in [6.07, 6.45) is 0. The molecule has 2 aromatic carbocycles. The highest BCUT2D eigenvalue weighted by Crippen LogP contribution is 2.16. The SMILES string of the molecule is Cc1ccc(C(=N[Si](C)(C)C)c2ccc(C)cc2)cc1. The van der Waals surface area contributed by atoms with Crippen molar-refractivity contribution in [1.29, 1.82) is 0 Å². The average molecular weight is 281 g/mol. The minimum Gasteiger partial charge on any atom is -0.321 e. The van der Waals surface area contributed by atoms with Crippen LogP contribution in [0.1, 0.15) is 22.3 Å². The van der Waals surface area contributed by atoms with Crippen LogP contribution in [-0.2, 0) is 0 Å². The lowest BCUT2D eigenvalue weighted by atomic mass is 10.0. The standard InChI is InChI=1S/C18H23NSi/c1-14-6-10-16(11-7-14)18(19-20(3,4)5)17-12-8-15(2)9-13-17/h6-13H,1-5H3. The van der Waals surface area contributed by atoms with Crippen molar-refractivity contribution in [2.24, 2.45) is 4.66 Å². The first-order valence-corrected chi connectivity index (χ1v) is 10.5. The van der Waals surface area contributed by atoms with Gasteiger partial charge in [-0.05, 0) is 44.6 Å². The third-order valence-corrected chi connectivity index (χ3v) is 3.99. The molecule has 0 aliphatic carbocycles. The molecule has 0 atom stereocenters. The normalized spacial score (nSPS) is 11.2. The van der Waals surface area contributed by atoms with E-state index in [9.17, 15) is 0 Å². The molecule has 104 valence electrons. The first-order chi connectivity index (χ1) is 9.35. The van der Waals surface area contributed by atoms with Gasteiger partial charge in [0.25, 0.3) is 0 Å². The van der Waals surface area contributed by atoms with Gasteiger partial charge in [-0.2, -0.15) is 0 Å². The molecule has 0 saturated carbocycles. The molecular weight excluding hydrogens is 258 g/mol. The molecule has 0 N–H and O–H groups in total. The topological polar surface area (TPSA) is 12.4 Å². The Labute approximate surface area is 123 Å². The van der Waals surface area contributed by atoms with Crippen molar-refractivity contribution in [3.63, 3.8) is 0 Å². The summed E-state index contributed by atoms with van der Waals surface area (Å²) in [7, 11) is -1.53. The van der Waals surface area contributed by atoms with Crippen LogP contribution in [0.2, 0.25) is 19.6 Å². The average Bonchev–Trinajstić information content (AvgIpc) is 2.37. The fourth-order valence-electron chi connectivity index (χ4n) is 2.05. The summed E-state index contributed by atoms with van der Waals surface area (Å²) in [6, 6.07) is 17.3. The molecule has 1 nitrogen and oxygen atoms in total. The van der Waals surface area contributed by atoms with E-state index < -0.39 is 8.24 Å². The third-order valence-electron chi connectivity index (χ3n) is 3.10. The van der Waals surface area contributed by atoms with E-state index in [0.717, 1.165) is 5.71 Å². The summed E-state index contributed by atoms with van der Waals surface area (Å²) >= 11 is 0. The van der Waals surface area contributed by atoms with Gasteiger partial charge < -0.3 is 4.66 Å². The Morgan fingerprint density at radius 1 is 0.700 bits per heavy atom. The highest BCUT2D eigenvalue weighted by Gasteiger charge is 2.15. The second-order valence-electron chi connectivity index (χ2n) is 6.36. The molecular formula is C18H23NSi. The second-order valence-corrected chi connectivity index (χ2v) is 10.9. The van der Waals surface area contributed by atoms with Crippen LogP contribution in [0.4, 0.5) is 0 Å². The van der Waals surface area contributed by atoms with Crippen LogP contribution in [0, 0.1) is 13.8 Å². The quantitative estimate of drug-likeness (QED) is 0.556. The van der Waals surface area contributed by atoms with Crippen molar-refractivity contribution in [2.75, 3.05) is 0 Å². The number of hydrogen-bond donors (Lipinski definition) is 0. The fourth-order valence-corrected chi connectivity index (χ4v) is 2.98. The van der Waals surface area contributed by atoms with Crippen LogP contribution < -0.4 is 0 Å². The van der Waals surface area contributed by atoms with Crippen LogP contribution >= 0.6 is 0 Å². The zero-order chi connectivity index (χ0) is 14.8. The lowest BCUT2D eigenvalue weighted by Crippen LogP contribution is -2.21. The Balaban J connectivity index is 2.53. The van der Waals surface area contributed by atoms with E-state index >= 15 is 0 Å². The van der Waals surface area contributed by atoms with E-state index in [0.29, 0.717) is 0 Å². The molecule has 0 bridgehead atoms. The monoisotopic (exact) mass is 281 g/mol. The molecule has 0 aliphatic heterocycles. The maximum Gasteiger partial charge on any atom is 0.173 e. The smallest absolute Gasteiger partial charge is 0.173 e. The number of rotatable bonds is 3. The van der Waals surface area contributed by atoms with E-state index in [1.54, 1.807) is 0 Å². The Morgan fingerprint density at radius 3 is 1.35 bits per heavy atom. The van der Waals surface area contributed by atoms with Gasteiger partial charge in [0.05, 0.1) is 5.71 Å². The lowest BCUT2D eigenvalue weighted by Gasteiger charge is -2.15. The van der Waals surface area contributed by atoms with E-state index in [4.69, 9.17) is 4.66 Å². The molecule has 0 amide bonds. The largest absolute Gasteiger partial charge is 0.321 e.